The van der Waals surface area contributed by atoms with E-state index in [2.05, 4.69) is 15.6 Å². The van der Waals surface area contributed by atoms with Crippen molar-refractivity contribution in [2.45, 2.75) is 13.2 Å². The van der Waals surface area contributed by atoms with E-state index in [1.807, 2.05) is 30.3 Å². The van der Waals surface area contributed by atoms with Crippen LogP contribution in [0.3, 0.4) is 0 Å². The van der Waals surface area contributed by atoms with Crippen molar-refractivity contribution < 1.29 is 14.6 Å². The molecule has 6 nitrogen and oxygen atoms in total. The minimum atomic E-state index is -0.338. The average molecular weight is 349 g/mol. The first-order valence-corrected chi connectivity index (χ1v) is 8.14. The molecule has 0 fully saturated rings. The zero-order chi connectivity index (χ0) is 18.2. The number of urea groups is 1. The van der Waals surface area contributed by atoms with E-state index in [9.17, 15) is 9.90 Å². The molecule has 2 amide bonds. The van der Waals surface area contributed by atoms with Crippen LogP contribution in [0.5, 0.6) is 11.5 Å². The molecule has 0 unspecified atom stereocenters. The SMILES string of the molecule is O=C(NCc1cccc(O)c1)Nc1cccc(OCc2ccccn2)c1. The lowest BCUT2D eigenvalue weighted by atomic mass is 10.2. The van der Waals surface area contributed by atoms with Crippen molar-refractivity contribution in [3.05, 3.63) is 84.2 Å². The van der Waals surface area contributed by atoms with Gasteiger partial charge in [0.2, 0.25) is 0 Å². The van der Waals surface area contributed by atoms with Crippen LogP contribution in [0.25, 0.3) is 0 Å². The largest absolute Gasteiger partial charge is 0.508 e. The van der Waals surface area contributed by atoms with Crippen LogP contribution >= 0.6 is 0 Å². The Kier molecular flexibility index (Phi) is 5.67. The molecule has 0 saturated heterocycles. The summed E-state index contributed by atoms with van der Waals surface area (Å²) in [5.74, 6) is 0.809. The van der Waals surface area contributed by atoms with Crippen molar-refractivity contribution in [2.75, 3.05) is 5.32 Å². The molecular weight excluding hydrogens is 330 g/mol. The number of nitrogens with one attached hydrogen (secondary N) is 2. The molecule has 1 heterocycles. The smallest absolute Gasteiger partial charge is 0.319 e. The molecule has 0 bridgehead atoms. The minimum Gasteiger partial charge on any atom is -0.508 e. The van der Waals surface area contributed by atoms with Gasteiger partial charge in [-0.25, -0.2) is 4.79 Å². The van der Waals surface area contributed by atoms with E-state index in [1.54, 1.807) is 42.6 Å². The van der Waals surface area contributed by atoms with Crippen molar-refractivity contribution in [1.82, 2.24) is 10.3 Å². The molecule has 0 atom stereocenters. The number of carbonyl (C=O) groups excluding carboxylic acids is 1. The van der Waals surface area contributed by atoms with Crippen molar-refractivity contribution in [3.8, 4) is 11.5 Å². The third-order valence-electron chi connectivity index (χ3n) is 3.57. The highest BCUT2D eigenvalue weighted by Crippen LogP contribution is 2.18. The van der Waals surface area contributed by atoms with E-state index in [1.165, 1.54) is 0 Å². The molecule has 3 rings (SSSR count). The fourth-order valence-corrected chi connectivity index (χ4v) is 2.33. The van der Waals surface area contributed by atoms with Crippen LogP contribution in [0.4, 0.5) is 10.5 Å². The zero-order valence-corrected chi connectivity index (χ0v) is 14.1. The zero-order valence-electron chi connectivity index (χ0n) is 14.1. The quantitative estimate of drug-likeness (QED) is 0.634. The normalized spacial score (nSPS) is 10.2. The molecule has 3 aromatic rings. The number of hydrogen-bond acceptors (Lipinski definition) is 4. The molecule has 0 aliphatic carbocycles. The minimum absolute atomic E-state index is 0.169. The van der Waals surface area contributed by atoms with E-state index in [0.29, 0.717) is 24.6 Å². The molecule has 6 heteroatoms. The molecule has 0 spiro atoms. The van der Waals surface area contributed by atoms with Crippen LogP contribution in [-0.4, -0.2) is 16.1 Å². The molecule has 1 aromatic heterocycles. The Morgan fingerprint density at radius 3 is 2.73 bits per heavy atom. The summed E-state index contributed by atoms with van der Waals surface area (Å²) in [7, 11) is 0. The highest BCUT2D eigenvalue weighted by Gasteiger charge is 2.04. The lowest BCUT2D eigenvalue weighted by molar-refractivity contribution is 0.251. The lowest BCUT2D eigenvalue weighted by Gasteiger charge is -2.10. The van der Waals surface area contributed by atoms with Crippen LogP contribution in [0.1, 0.15) is 11.3 Å². The first-order valence-electron chi connectivity index (χ1n) is 8.14. The average Bonchev–Trinajstić information content (AvgIpc) is 2.66. The van der Waals surface area contributed by atoms with Crippen LogP contribution in [-0.2, 0) is 13.2 Å². The Morgan fingerprint density at radius 2 is 1.92 bits per heavy atom. The van der Waals surface area contributed by atoms with E-state index in [4.69, 9.17) is 4.74 Å². The van der Waals surface area contributed by atoms with E-state index in [0.717, 1.165) is 11.3 Å². The van der Waals surface area contributed by atoms with Crippen LogP contribution in [0.15, 0.2) is 72.9 Å². The van der Waals surface area contributed by atoms with Gasteiger partial charge in [-0.05, 0) is 42.0 Å². The maximum atomic E-state index is 12.0. The van der Waals surface area contributed by atoms with Gasteiger partial charge in [0.15, 0.2) is 0 Å². The number of ether oxygens (including phenoxy) is 1. The topological polar surface area (TPSA) is 83.5 Å². The number of hydrogen-bond donors (Lipinski definition) is 3. The fraction of sp³-hybridized carbons (Fsp3) is 0.100. The lowest BCUT2D eigenvalue weighted by Crippen LogP contribution is -2.28. The number of phenols is 1. The van der Waals surface area contributed by atoms with Gasteiger partial charge in [-0.2, -0.15) is 0 Å². The molecule has 0 radical (unpaired) electrons. The Bertz CT molecular complexity index is 869. The standard InChI is InChI=1S/C20H19N3O3/c24-18-8-3-5-15(11-18)13-22-20(25)23-16-7-4-9-19(12-16)26-14-17-6-1-2-10-21-17/h1-12,24H,13-14H2,(H2,22,23,25). The first kappa shape index (κ1) is 17.3. The molecular formula is C20H19N3O3. The summed E-state index contributed by atoms with van der Waals surface area (Å²) in [6.07, 6.45) is 1.72. The van der Waals surface area contributed by atoms with Gasteiger partial charge in [-0.15, -0.1) is 0 Å². The summed E-state index contributed by atoms with van der Waals surface area (Å²) >= 11 is 0. The molecule has 3 N–H and O–H groups in total. The third kappa shape index (κ3) is 5.24. The summed E-state index contributed by atoms with van der Waals surface area (Å²) in [6, 6.07) is 19.2. The number of phenolic OH excluding ortho intramolecular Hbond substituents is 1. The van der Waals surface area contributed by atoms with Crippen LogP contribution in [0, 0.1) is 0 Å². The predicted octanol–water partition coefficient (Wildman–Crippen LogP) is 3.69. The molecule has 132 valence electrons. The summed E-state index contributed by atoms with van der Waals surface area (Å²) in [4.78, 5) is 16.2. The number of amides is 2. The second-order valence-electron chi connectivity index (χ2n) is 5.62. The van der Waals surface area contributed by atoms with Gasteiger partial charge in [-0.3, -0.25) is 4.98 Å². The number of aromatic nitrogens is 1. The number of carbonyl (C=O) groups is 1. The highest BCUT2D eigenvalue weighted by atomic mass is 16.5. The van der Waals surface area contributed by atoms with E-state index in [-0.39, 0.29) is 11.8 Å². The molecule has 2 aromatic carbocycles. The monoisotopic (exact) mass is 349 g/mol. The van der Waals surface area contributed by atoms with Gasteiger partial charge >= 0.3 is 6.03 Å². The van der Waals surface area contributed by atoms with Gasteiger partial charge in [0.25, 0.3) is 0 Å². The summed E-state index contributed by atoms with van der Waals surface area (Å²) in [5.41, 5.74) is 2.26. The number of nitrogens with zero attached hydrogens (tertiary/aromatic N) is 1. The van der Waals surface area contributed by atoms with Crippen molar-refractivity contribution in [2.24, 2.45) is 0 Å². The molecule has 0 saturated carbocycles. The number of rotatable bonds is 6. The summed E-state index contributed by atoms with van der Waals surface area (Å²) < 4.78 is 5.69. The Balaban J connectivity index is 1.52. The van der Waals surface area contributed by atoms with Gasteiger partial charge < -0.3 is 20.5 Å². The van der Waals surface area contributed by atoms with Crippen molar-refractivity contribution in [3.63, 3.8) is 0 Å². The van der Waals surface area contributed by atoms with Crippen LogP contribution < -0.4 is 15.4 Å². The van der Waals surface area contributed by atoms with E-state index >= 15 is 0 Å². The number of anilines is 1. The summed E-state index contributed by atoms with van der Waals surface area (Å²) in [6.45, 7) is 0.671. The highest BCUT2D eigenvalue weighted by molar-refractivity contribution is 5.89. The second-order valence-corrected chi connectivity index (χ2v) is 5.62. The Hall–Kier alpha value is -3.54. The van der Waals surface area contributed by atoms with Gasteiger partial charge in [0.05, 0.1) is 5.69 Å². The molecule has 26 heavy (non-hydrogen) atoms. The predicted molar refractivity (Wildman–Crippen MR) is 99.0 cm³/mol. The van der Waals surface area contributed by atoms with Crippen molar-refractivity contribution in [1.29, 1.82) is 0 Å². The van der Waals surface area contributed by atoms with Gasteiger partial charge in [-0.1, -0.05) is 24.3 Å². The van der Waals surface area contributed by atoms with Crippen LogP contribution in [0.2, 0.25) is 0 Å². The number of pyridine rings is 1. The Labute approximate surface area is 151 Å². The molecule has 0 aliphatic heterocycles. The fourth-order valence-electron chi connectivity index (χ4n) is 2.33. The maximum absolute atomic E-state index is 12.0. The van der Waals surface area contributed by atoms with Gasteiger partial charge in [0, 0.05) is 24.5 Å². The Morgan fingerprint density at radius 1 is 1.04 bits per heavy atom. The second kappa shape index (κ2) is 8.53. The third-order valence-corrected chi connectivity index (χ3v) is 3.57. The van der Waals surface area contributed by atoms with E-state index < -0.39 is 0 Å². The number of aromatic hydroxyl groups is 1. The number of benzene rings is 2. The summed E-state index contributed by atoms with van der Waals surface area (Å²) in [5, 5.41) is 14.9. The van der Waals surface area contributed by atoms with Gasteiger partial charge in [0.1, 0.15) is 18.1 Å². The van der Waals surface area contributed by atoms with Crippen molar-refractivity contribution >= 4 is 11.7 Å². The first-order chi connectivity index (χ1) is 12.7. The maximum Gasteiger partial charge on any atom is 0.319 e. The molecule has 0 aliphatic rings.